The third-order valence-electron chi connectivity index (χ3n) is 3.87. The first-order valence-electron chi connectivity index (χ1n) is 8.86. The second-order valence-corrected chi connectivity index (χ2v) is 7.02. The molecule has 5 heteroatoms. The number of rotatable bonds is 8. The Labute approximate surface area is 164 Å². The van der Waals surface area contributed by atoms with Crippen LogP contribution in [0, 0.1) is 0 Å². The summed E-state index contributed by atoms with van der Waals surface area (Å²) in [6, 6.07) is 19.5. The van der Waals surface area contributed by atoms with E-state index < -0.39 is 0 Å². The molecule has 0 aliphatic heterocycles. The van der Waals surface area contributed by atoms with Gasteiger partial charge >= 0.3 is 0 Å². The van der Waals surface area contributed by atoms with Gasteiger partial charge in [-0.25, -0.2) is 0 Å². The van der Waals surface area contributed by atoms with Crippen LogP contribution in [0.5, 0.6) is 5.75 Å². The van der Waals surface area contributed by atoms with E-state index >= 15 is 0 Å². The number of nitrogens with one attached hydrogen (secondary N) is 1. The van der Waals surface area contributed by atoms with Crippen LogP contribution < -0.4 is 10.1 Å². The number of benzene rings is 2. The highest BCUT2D eigenvalue weighted by Crippen LogP contribution is 2.24. The lowest BCUT2D eigenvalue weighted by Gasteiger charge is -2.08. The maximum Gasteiger partial charge on any atom is 0.228 e. The number of amides is 1. The van der Waals surface area contributed by atoms with Gasteiger partial charge in [-0.05, 0) is 60.5 Å². The van der Waals surface area contributed by atoms with Crippen LogP contribution in [0.25, 0.3) is 0 Å². The molecule has 3 rings (SSSR count). The molecule has 0 unspecified atom stereocenters. The minimum Gasteiger partial charge on any atom is -0.494 e. The summed E-state index contributed by atoms with van der Waals surface area (Å²) in [5.41, 5.74) is 2.95. The highest BCUT2D eigenvalue weighted by atomic mass is 32.2. The molecule has 27 heavy (non-hydrogen) atoms. The predicted octanol–water partition coefficient (Wildman–Crippen LogP) is 4.95. The van der Waals surface area contributed by atoms with Crippen LogP contribution in [0.2, 0.25) is 0 Å². The fourth-order valence-corrected chi connectivity index (χ4v) is 3.38. The summed E-state index contributed by atoms with van der Waals surface area (Å²) in [6.45, 7) is 2.58. The number of anilines is 1. The lowest BCUT2D eigenvalue weighted by Crippen LogP contribution is -2.14. The van der Waals surface area contributed by atoms with E-state index in [1.807, 2.05) is 67.7 Å². The summed E-state index contributed by atoms with van der Waals surface area (Å²) in [5, 5.41) is 2.94. The Kier molecular flexibility index (Phi) is 6.88. The summed E-state index contributed by atoms with van der Waals surface area (Å²) in [5.74, 6) is 1.66. The van der Waals surface area contributed by atoms with Gasteiger partial charge in [-0.2, -0.15) is 0 Å². The van der Waals surface area contributed by atoms with Crippen molar-refractivity contribution in [2.24, 2.45) is 0 Å². The van der Waals surface area contributed by atoms with Gasteiger partial charge in [0.1, 0.15) is 5.75 Å². The number of pyridine rings is 1. The van der Waals surface area contributed by atoms with Gasteiger partial charge in [0.05, 0.1) is 13.0 Å². The maximum absolute atomic E-state index is 12.2. The zero-order valence-electron chi connectivity index (χ0n) is 15.2. The standard InChI is InChI=1S/C22H22N2O2S/c1-2-26-20-9-5-17(6-10-20)14-22(25)24-19-7-11-21(12-8-19)27-16-18-4-3-13-23-15-18/h3-13,15H,2,14,16H2,1H3,(H,24,25). The number of carbonyl (C=O) groups is 1. The maximum atomic E-state index is 12.2. The van der Waals surface area contributed by atoms with E-state index in [9.17, 15) is 4.79 Å². The van der Waals surface area contributed by atoms with Gasteiger partial charge in [0.25, 0.3) is 0 Å². The number of aromatic nitrogens is 1. The molecule has 3 aromatic rings. The van der Waals surface area contributed by atoms with Crippen LogP contribution in [0.1, 0.15) is 18.1 Å². The SMILES string of the molecule is CCOc1ccc(CC(=O)Nc2ccc(SCc3cccnc3)cc2)cc1. The number of ether oxygens (including phenoxy) is 1. The number of hydrogen-bond donors (Lipinski definition) is 1. The van der Waals surface area contributed by atoms with Crippen molar-refractivity contribution in [3.63, 3.8) is 0 Å². The smallest absolute Gasteiger partial charge is 0.228 e. The minimum atomic E-state index is -0.0325. The van der Waals surface area contributed by atoms with Gasteiger partial charge in [-0.1, -0.05) is 18.2 Å². The molecule has 0 spiro atoms. The molecule has 0 bridgehead atoms. The van der Waals surface area contributed by atoms with Crippen molar-refractivity contribution in [2.45, 2.75) is 24.0 Å². The molecule has 0 saturated heterocycles. The molecule has 0 fully saturated rings. The zero-order chi connectivity index (χ0) is 18.9. The molecule has 1 aromatic heterocycles. The normalized spacial score (nSPS) is 10.4. The van der Waals surface area contributed by atoms with Crippen LogP contribution in [0.15, 0.2) is 78.0 Å². The molecule has 1 N–H and O–H groups in total. The molecule has 0 radical (unpaired) electrons. The number of hydrogen-bond acceptors (Lipinski definition) is 4. The summed E-state index contributed by atoms with van der Waals surface area (Å²) < 4.78 is 5.41. The second kappa shape index (κ2) is 9.78. The topological polar surface area (TPSA) is 51.2 Å². The van der Waals surface area contributed by atoms with Crippen LogP contribution in [-0.2, 0) is 17.0 Å². The Morgan fingerprint density at radius 3 is 2.48 bits per heavy atom. The largest absolute Gasteiger partial charge is 0.494 e. The molecule has 4 nitrogen and oxygen atoms in total. The number of thioether (sulfide) groups is 1. The van der Waals surface area contributed by atoms with Crippen molar-refractivity contribution in [3.05, 3.63) is 84.2 Å². The second-order valence-electron chi connectivity index (χ2n) is 5.98. The summed E-state index contributed by atoms with van der Waals surface area (Å²) in [4.78, 5) is 17.5. The average Bonchev–Trinajstić information content (AvgIpc) is 2.70. The molecule has 1 amide bonds. The first kappa shape index (κ1) is 19.0. The molecule has 138 valence electrons. The highest BCUT2D eigenvalue weighted by Gasteiger charge is 2.05. The van der Waals surface area contributed by atoms with Gasteiger partial charge in [0, 0.05) is 28.7 Å². The molecule has 0 aliphatic rings. The number of carbonyl (C=O) groups excluding carboxylic acids is 1. The fraction of sp³-hybridized carbons (Fsp3) is 0.182. The van der Waals surface area contributed by atoms with E-state index in [1.54, 1.807) is 18.0 Å². The van der Waals surface area contributed by atoms with E-state index in [-0.39, 0.29) is 5.91 Å². The first-order valence-corrected chi connectivity index (χ1v) is 9.85. The molecular formula is C22H22N2O2S. The van der Waals surface area contributed by atoms with E-state index in [0.29, 0.717) is 13.0 Å². The van der Waals surface area contributed by atoms with Gasteiger partial charge in [0.2, 0.25) is 5.91 Å². The lowest BCUT2D eigenvalue weighted by atomic mass is 10.1. The molecule has 0 saturated carbocycles. The average molecular weight is 378 g/mol. The van der Waals surface area contributed by atoms with Crippen LogP contribution in [0.4, 0.5) is 5.69 Å². The Morgan fingerprint density at radius 2 is 1.81 bits per heavy atom. The number of nitrogens with zero attached hydrogens (tertiary/aromatic N) is 1. The Balaban J connectivity index is 1.49. The minimum absolute atomic E-state index is 0.0325. The van der Waals surface area contributed by atoms with Crippen molar-refractivity contribution in [2.75, 3.05) is 11.9 Å². The summed E-state index contributed by atoms with van der Waals surface area (Å²) in [6.07, 6.45) is 3.99. The molecule has 0 aliphatic carbocycles. The van der Waals surface area contributed by atoms with E-state index in [4.69, 9.17) is 4.74 Å². The van der Waals surface area contributed by atoms with Gasteiger partial charge < -0.3 is 10.1 Å². The Morgan fingerprint density at radius 1 is 1.04 bits per heavy atom. The first-order chi connectivity index (χ1) is 13.2. The third-order valence-corrected chi connectivity index (χ3v) is 4.95. The van der Waals surface area contributed by atoms with Crippen LogP contribution >= 0.6 is 11.8 Å². The zero-order valence-corrected chi connectivity index (χ0v) is 16.0. The van der Waals surface area contributed by atoms with E-state index in [2.05, 4.69) is 16.4 Å². The van der Waals surface area contributed by atoms with E-state index in [1.165, 1.54) is 5.56 Å². The third kappa shape index (κ3) is 6.15. The van der Waals surface area contributed by atoms with E-state index in [0.717, 1.165) is 27.6 Å². The Hall–Kier alpha value is -2.79. The quantitative estimate of drug-likeness (QED) is 0.563. The van der Waals surface area contributed by atoms with Gasteiger partial charge in [-0.3, -0.25) is 9.78 Å². The Bertz CT molecular complexity index is 850. The van der Waals surface area contributed by atoms with Crippen LogP contribution in [0.3, 0.4) is 0 Å². The van der Waals surface area contributed by atoms with Crippen molar-refractivity contribution < 1.29 is 9.53 Å². The molecule has 1 heterocycles. The summed E-state index contributed by atoms with van der Waals surface area (Å²) >= 11 is 1.74. The monoisotopic (exact) mass is 378 g/mol. The van der Waals surface area contributed by atoms with Gasteiger partial charge in [-0.15, -0.1) is 11.8 Å². The van der Waals surface area contributed by atoms with Gasteiger partial charge in [0.15, 0.2) is 0 Å². The summed E-state index contributed by atoms with van der Waals surface area (Å²) in [7, 11) is 0. The van der Waals surface area contributed by atoms with Crippen molar-refractivity contribution >= 4 is 23.4 Å². The fourth-order valence-electron chi connectivity index (χ4n) is 2.55. The van der Waals surface area contributed by atoms with Crippen LogP contribution in [-0.4, -0.2) is 17.5 Å². The lowest BCUT2D eigenvalue weighted by molar-refractivity contribution is -0.115. The molecule has 2 aromatic carbocycles. The van der Waals surface area contributed by atoms with Crippen molar-refractivity contribution in [3.8, 4) is 5.75 Å². The highest BCUT2D eigenvalue weighted by molar-refractivity contribution is 7.98. The molecular weight excluding hydrogens is 356 g/mol. The van der Waals surface area contributed by atoms with Crippen molar-refractivity contribution in [1.29, 1.82) is 0 Å². The molecule has 0 atom stereocenters. The predicted molar refractivity (Wildman–Crippen MR) is 110 cm³/mol. The van der Waals surface area contributed by atoms with Crippen molar-refractivity contribution in [1.82, 2.24) is 4.98 Å².